The van der Waals surface area contributed by atoms with Gasteiger partial charge in [-0.05, 0) is 36.8 Å². The number of amides is 1. The number of hydrogen-bond donors (Lipinski definition) is 1. The van der Waals surface area contributed by atoms with Gasteiger partial charge in [0, 0.05) is 59.2 Å². The van der Waals surface area contributed by atoms with E-state index in [0.29, 0.717) is 79.0 Å². The number of halogens is 2. The van der Waals surface area contributed by atoms with Crippen LogP contribution in [-0.2, 0) is 13.1 Å². The summed E-state index contributed by atoms with van der Waals surface area (Å²) in [6, 6.07) is 4.68. The molecule has 1 amide bonds. The lowest BCUT2D eigenvalue weighted by molar-refractivity contribution is 0.0821. The number of fused-ring (bicyclic) bond motifs is 2. The first kappa shape index (κ1) is 31.4. The number of hydrogen-bond acceptors (Lipinski definition) is 12. The van der Waals surface area contributed by atoms with Gasteiger partial charge in [-0.3, -0.25) is 14.4 Å². The van der Waals surface area contributed by atoms with Crippen molar-refractivity contribution in [3.05, 3.63) is 38.5 Å². The van der Waals surface area contributed by atoms with Crippen LogP contribution in [0.1, 0.15) is 64.5 Å². The Morgan fingerprint density at radius 2 is 1.89 bits per heavy atom. The second kappa shape index (κ2) is 12.1. The van der Waals surface area contributed by atoms with Crippen molar-refractivity contribution < 1.29 is 13.9 Å². The van der Waals surface area contributed by atoms with Crippen LogP contribution in [0.2, 0.25) is 5.02 Å². The Balaban J connectivity index is 1.23. The maximum atomic E-state index is 14.5. The van der Waals surface area contributed by atoms with E-state index in [4.69, 9.17) is 32.0 Å². The normalized spacial score (nSPS) is 22.6. The second-order valence-corrected chi connectivity index (χ2v) is 14.2. The third-order valence-electron chi connectivity index (χ3n) is 9.81. The Morgan fingerprint density at radius 1 is 1.15 bits per heavy atom. The van der Waals surface area contributed by atoms with Gasteiger partial charge in [0.1, 0.15) is 35.5 Å². The van der Waals surface area contributed by atoms with Crippen molar-refractivity contribution in [2.75, 3.05) is 69.0 Å². The molecule has 7 heterocycles. The molecule has 7 rings (SSSR count). The van der Waals surface area contributed by atoms with Gasteiger partial charge in [-0.1, -0.05) is 11.6 Å². The highest BCUT2D eigenvalue weighted by molar-refractivity contribution is 7.14. The minimum atomic E-state index is -0.898. The van der Waals surface area contributed by atoms with Gasteiger partial charge in [-0.2, -0.15) is 25.6 Å². The topological polar surface area (TPSA) is 156 Å². The third kappa shape index (κ3) is 5.40. The number of nitrogens with two attached hydrogens (primary N) is 1. The molecular weight excluding hydrogens is 645 g/mol. The standard InChI is InChI=1S/C31H35ClFN11O2S/c1-40(2)29(45)25-24(32)23-15-41(6-4-8-44(23)39-25)27-21(11-35)28(42-12-18(13-42)22-16-47-26(36)20(22)10-34)38-30(37-27)46-17-31-5-3-7-43(31)14-19(33)9-31/h16,18-19H,3-9,12-15,17,36H2,1-2H3/t19-,31+/m1/s1. The molecule has 0 bridgehead atoms. The zero-order chi connectivity index (χ0) is 33.0. The van der Waals surface area contributed by atoms with E-state index in [-0.39, 0.29) is 41.7 Å². The van der Waals surface area contributed by atoms with Gasteiger partial charge in [0.2, 0.25) is 0 Å². The number of anilines is 3. The molecule has 13 nitrogen and oxygen atoms in total. The number of aromatic nitrogens is 4. The molecule has 0 saturated carbocycles. The minimum Gasteiger partial charge on any atom is -0.461 e. The average Bonchev–Trinajstić information content (AvgIpc) is 3.71. The highest BCUT2D eigenvalue weighted by Crippen LogP contribution is 2.42. The van der Waals surface area contributed by atoms with Crippen LogP contribution >= 0.6 is 22.9 Å². The summed E-state index contributed by atoms with van der Waals surface area (Å²) in [4.78, 5) is 29.9. The fraction of sp³-hybridized carbons (Fsp3) is 0.548. The smallest absolute Gasteiger partial charge is 0.320 e. The number of aryl methyl sites for hydroxylation is 1. The Labute approximate surface area is 280 Å². The number of rotatable bonds is 7. The predicted molar refractivity (Wildman–Crippen MR) is 175 cm³/mol. The van der Waals surface area contributed by atoms with Crippen LogP contribution in [0.15, 0.2) is 5.38 Å². The molecular formula is C31H35ClFN11O2S. The van der Waals surface area contributed by atoms with Gasteiger partial charge >= 0.3 is 6.01 Å². The number of ether oxygens (including phenoxy) is 1. The van der Waals surface area contributed by atoms with E-state index < -0.39 is 11.7 Å². The number of carbonyl (C=O) groups is 1. The van der Waals surface area contributed by atoms with Crippen molar-refractivity contribution in [2.45, 2.75) is 56.4 Å². The average molecular weight is 680 g/mol. The Kier molecular flexibility index (Phi) is 8.10. The van der Waals surface area contributed by atoms with Crippen molar-refractivity contribution in [3.63, 3.8) is 0 Å². The van der Waals surface area contributed by atoms with E-state index in [1.807, 2.05) is 15.2 Å². The predicted octanol–water partition coefficient (Wildman–Crippen LogP) is 3.38. The van der Waals surface area contributed by atoms with E-state index in [1.165, 1.54) is 16.2 Å². The summed E-state index contributed by atoms with van der Waals surface area (Å²) >= 11 is 8.11. The quantitative estimate of drug-likeness (QED) is 0.391. The van der Waals surface area contributed by atoms with Crippen LogP contribution in [0.4, 0.5) is 21.0 Å². The first-order chi connectivity index (χ1) is 22.6. The first-order valence-electron chi connectivity index (χ1n) is 15.7. The summed E-state index contributed by atoms with van der Waals surface area (Å²) in [5.41, 5.74) is 8.17. The van der Waals surface area contributed by atoms with Crippen LogP contribution in [-0.4, -0.2) is 101 Å². The van der Waals surface area contributed by atoms with E-state index >= 15 is 0 Å². The van der Waals surface area contributed by atoms with Crippen LogP contribution < -0.4 is 20.3 Å². The molecule has 3 saturated heterocycles. The second-order valence-electron chi connectivity index (χ2n) is 13.0. The summed E-state index contributed by atoms with van der Waals surface area (Å²) in [6.07, 6.45) is 1.99. The van der Waals surface area contributed by atoms with Crippen LogP contribution in [0.3, 0.4) is 0 Å². The summed E-state index contributed by atoms with van der Waals surface area (Å²) in [5, 5.41) is 27.4. The van der Waals surface area contributed by atoms with Crippen molar-refractivity contribution in [1.82, 2.24) is 29.5 Å². The summed E-state index contributed by atoms with van der Waals surface area (Å²) in [7, 11) is 3.30. The number of nitrogens with zero attached hydrogens (tertiary/aromatic N) is 10. The van der Waals surface area contributed by atoms with Crippen molar-refractivity contribution in [2.24, 2.45) is 0 Å². The highest BCUT2D eigenvalue weighted by atomic mass is 35.5. The molecule has 4 aliphatic rings. The Morgan fingerprint density at radius 3 is 2.62 bits per heavy atom. The SMILES string of the molecule is CN(C)C(=O)c1nn2c(c1Cl)CN(c1nc(OC[C@@]34CCCN3C[C@H](F)C4)nc(N3CC(c4csc(N)c4C#N)C3)c1C#N)CCC2. The van der Waals surface area contributed by atoms with Crippen molar-refractivity contribution in [3.8, 4) is 18.1 Å². The van der Waals surface area contributed by atoms with E-state index in [0.717, 1.165) is 24.9 Å². The molecule has 246 valence electrons. The lowest BCUT2D eigenvalue weighted by Gasteiger charge is -2.41. The molecule has 3 aromatic heterocycles. The maximum absolute atomic E-state index is 14.5. The van der Waals surface area contributed by atoms with Crippen molar-refractivity contribution >= 4 is 45.5 Å². The van der Waals surface area contributed by atoms with Gasteiger partial charge in [0.15, 0.2) is 17.3 Å². The summed E-state index contributed by atoms with van der Waals surface area (Å²) in [5.74, 6) is 0.600. The van der Waals surface area contributed by atoms with Crippen LogP contribution in [0, 0.1) is 22.7 Å². The molecule has 0 aromatic carbocycles. The van der Waals surface area contributed by atoms with Gasteiger partial charge < -0.3 is 25.2 Å². The lowest BCUT2D eigenvalue weighted by Crippen LogP contribution is -2.46. The van der Waals surface area contributed by atoms with Gasteiger partial charge in [0.05, 0.1) is 28.4 Å². The third-order valence-corrected chi connectivity index (χ3v) is 11.0. The molecule has 2 atom stereocenters. The number of alkyl halides is 1. The highest BCUT2D eigenvalue weighted by Gasteiger charge is 2.49. The molecule has 2 N–H and O–H groups in total. The molecule has 0 spiro atoms. The van der Waals surface area contributed by atoms with Gasteiger partial charge in [0.25, 0.3) is 5.91 Å². The van der Waals surface area contributed by atoms with Crippen molar-refractivity contribution in [1.29, 1.82) is 10.5 Å². The molecule has 16 heteroatoms. The summed E-state index contributed by atoms with van der Waals surface area (Å²) < 4.78 is 22.6. The molecule has 3 fully saturated rings. The Hall–Kier alpha value is -4.18. The minimum absolute atomic E-state index is 0.0532. The molecule has 47 heavy (non-hydrogen) atoms. The van der Waals surface area contributed by atoms with E-state index in [2.05, 4.69) is 22.1 Å². The zero-order valence-corrected chi connectivity index (χ0v) is 27.8. The largest absolute Gasteiger partial charge is 0.461 e. The van der Waals surface area contributed by atoms with E-state index in [1.54, 1.807) is 18.8 Å². The van der Waals surface area contributed by atoms with Gasteiger partial charge in [-0.25, -0.2) is 4.39 Å². The fourth-order valence-electron chi connectivity index (χ4n) is 7.35. The van der Waals surface area contributed by atoms with Crippen LogP contribution in [0.5, 0.6) is 6.01 Å². The Bertz CT molecular complexity index is 1810. The monoisotopic (exact) mass is 679 g/mol. The number of thiophene rings is 1. The number of nitriles is 2. The number of carbonyl (C=O) groups excluding carboxylic acids is 1. The fourth-order valence-corrected chi connectivity index (χ4v) is 8.48. The lowest BCUT2D eigenvalue weighted by atomic mass is 9.90. The first-order valence-corrected chi connectivity index (χ1v) is 17.0. The van der Waals surface area contributed by atoms with Crippen LogP contribution in [0.25, 0.3) is 0 Å². The molecule has 0 aliphatic carbocycles. The number of nitrogen functional groups attached to an aromatic ring is 1. The summed E-state index contributed by atoms with van der Waals surface area (Å²) in [6.45, 7) is 3.90. The molecule has 0 radical (unpaired) electrons. The van der Waals surface area contributed by atoms with E-state index in [9.17, 15) is 19.7 Å². The molecule has 4 aliphatic heterocycles. The maximum Gasteiger partial charge on any atom is 0.320 e. The zero-order valence-electron chi connectivity index (χ0n) is 26.2. The molecule has 3 aromatic rings. The van der Waals surface area contributed by atoms with Gasteiger partial charge in [-0.15, -0.1) is 11.3 Å². The molecule has 0 unspecified atom stereocenters.